The van der Waals surface area contributed by atoms with Crippen molar-refractivity contribution in [3.63, 3.8) is 0 Å². The molecule has 1 aliphatic rings. The Hall–Kier alpha value is -2.67. The summed E-state index contributed by atoms with van der Waals surface area (Å²) in [6, 6.07) is 11.1. The summed E-state index contributed by atoms with van der Waals surface area (Å²) >= 11 is 1.54. The van der Waals surface area contributed by atoms with E-state index in [1.165, 1.54) is 11.3 Å². The monoisotopic (exact) mass is 355 g/mol. The van der Waals surface area contributed by atoms with Crippen LogP contribution in [0.15, 0.2) is 40.9 Å². The number of rotatable bonds is 6. The zero-order valence-electron chi connectivity index (χ0n) is 13.7. The van der Waals surface area contributed by atoms with Gasteiger partial charge in [0.2, 0.25) is 0 Å². The van der Waals surface area contributed by atoms with Gasteiger partial charge in [-0.2, -0.15) is 4.98 Å². The van der Waals surface area contributed by atoms with Crippen molar-refractivity contribution in [3.05, 3.63) is 52.7 Å². The highest BCUT2D eigenvalue weighted by Crippen LogP contribution is 2.39. The predicted molar refractivity (Wildman–Crippen MR) is 93.8 cm³/mol. The molecule has 4 rings (SSSR count). The molecule has 6 nitrogen and oxygen atoms in total. The molecule has 0 spiro atoms. The molecule has 0 aliphatic heterocycles. The van der Waals surface area contributed by atoms with E-state index in [2.05, 4.69) is 15.5 Å². The number of ether oxygens (including phenoxy) is 1. The molecule has 2 aromatic heterocycles. The van der Waals surface area contributed by atoms with Crippen LogP contribution in [0.5, 0.6) is 5.75 Å². The fourth-order valence-corrected chi connectivity index (χ4v) is 3.39. The van der Waals surface area contributed by atoms with Gasteiger partial charge in [-0.3, -0.25) is 4.79 Å². The number of para-hydroxylation sites is 1. The number of carbonyl (C=O) groups is 1. The molecular weight excluding hydrogens is 338 g/mol. The number of nitrogens with one attached hydrogen (secondary N) is 1. The zero-order chi connectivity index (χ0) is 17.2. The minimum absolute atomic E-state index is 0.166. The van der Waals surface area contributed by atoms with Gasteiger partial charge in [0.15, 0.2) is 5.82 Å². The lowest BCUT2D eigenvalue weighted by atomic mass is 10.2. The van der Waals surface area contributed by atoms with E-state index in [9.17, 15) is 4.79 Å². The molecule has 2 heterocycles. The van der Waals surface area contributed by atoms with E-state index < -0.39 is 0 Å². The van der Waals surface area contributed by atoms with Crippen LogP contribution in [-0.2, 0) is 6.54 Å². The van der Waals surface area contributed by atoms with Crippen LogP contribution in [0.4, 0.5) is 0 Å². The van der Waals surface area contributed by atoms with Crippen molar-refractivity contribution in [3.8, 4) is 16.5 Å². The van der Waals surface area contributed by atoms with Gasteiger partial charge in [0.05, 0.1) is 24.1 Å². The first-order valence-corrected chi connectivity index (χ1v) is 8.90. The number of hydrogen-bond acceptors (Lipinski definition) is 6. The van der Waals surface area contributed by atoms with Crippen LogP contribution in [0.25, 0.3) is 10.8 Å². The number of thiophene rings is 1. The number of hydrogen-bond donors (Lipinski definition) is 1. The SMILES string of the molecule is COc1ccccc1C(=O)NCc1ccc(-c2nc(C3CC3)no2)s1. The Morgan fingerprint density at radius 3 is 2.96 bits per heavy atom. The second kappa shape index (κ2) is 6.68. The van der Waals surface area contributed by atoms with Gasteiger partial charge in [-0.25, -0.2) is 0 Å². The van der Waals surface area contributed by atoms with Gasteiger partial charge in [-0.1, -0.05) is 17.3 Å². The van der Waals surface area contributed by atoms with Crippen LogP contribution < -0.4 is 10.1 Å². The third kappa shape index (κ3) is 3.41. The van der Waals surface area contributed by atoms with E-state index in [1.54, 1.807) is 19.2 Å². The van der Waals surface area contributed by atoms with Gasteiger partial charge in [-0.15, -0.1) is 11.3 Å². The summed E-state index contributed by atoms with van der Waals surface area (Å²) in [5, 5.41) is 6.95. The first-order valence-electron chi connectivity index (χ1n) is 8.08. The fraction of sp³-hybridized carbons (Fsp3) is 0.278. The Kier molecular flexibility index (Phi) is 4.23. The van der Waals surface area contributed by atoms with E-state index in [0.717, 1.165) is 28.4 Å². The van der Waals surface area contributed by atoms with Gasteiger partial charge in [0.1, 0.15) is 5.75 Å². The number of carbonyl (C=O) groups excluding carboxylic acids is 1. The molecule has 1 aliphatic carbocycles. The van der Waals surface area contributed by atoms with Crippen molar-refractivity contribution >= 4 is 17.2 Å². The van der Waals surface area contributed by atoms with E-state index in [0.29, 0.717) is 29.7 Å². The minimum Gasteiger partial charge on any atom is -0.496 e. The molecule has 1 saturated carbocycles. The van der Waals surface area contributed by atoms with Crippen molar-refractivity contribution in [2.24, 2.45) is 0 Å². The number of amides is 1. The quantitative estimate of drug-likeness (QED) is 0.731. The zero-order valence-corrected chi connectivity index (χ0v) is 14.5. The van der Waals surface area contributed by atoms with Crippen LogP contribution in [0.2, 0.25) is 0 Å². The summed E-state index contributed by atoms with van der Waals surface area (Å²) < 4.78 is 10.6. The number of nitrogens with zero attached hydrogens (tertiary/aromatic N) is 2. The average molecular weight is 355 g/mol. The molecule has 3 aromatic rings. The van der Waals surface area contributed by atoms with Crippen molar-refractivity contribution < 1.29 is 14.1 Å². The van der Waals surface area contributed by atoms with Gasteiger partial charge >= 0.3 is 0 Å². The molecule has 0 saturated heterocycles. The first-order chi connectivity index (χ1) is 12.2. The third-order valence-electron chi connectivity index (χ3n) is 4.03. The lowest BCUT2D eigenvalue weighted by Gasteiger charge is -2.08. The van der Waals surface area contributed by atoms with E-state index in [4.69, 9.17) is 9.26 Å². The molecule has 1 amide bonds. The minimum atomic E-state index is -0.166. The van der Waals surface area contributed by atoms with Crippen LogP contribution in [0.3, 0.4) is 0 Å². The molecule has 0 bridgehead atoms. The predicted octanol–water partition coefficient (Wildman–Crippen LogP) is 3.61. The maximum Gasteiger partial charge on any atom is 0.268 e. The summed E-state index contributed by atoms with van der Waals surface area (Å²) in [5.41, 5.74) is 0.521. The van der Waals surface area contributed by atoms with E-state index in [1.807, 2.05) is 24.3 Å². The van der Waals surface area contributed by atoms with Gasteiger partial charge in [0.25, 0.3) is 11.8 Å². The van der Waals surface area contributed by atoms with Crippen LogP contribution in [0.1, 0.15) is 39.8 Å². The topological polar surface area (TPSA) is 77.2 Å². The molecule has 7 heteroatoms. The van der Waals surface area contributed by atoms with Crippen molar-refractivity contribution in [2.45, 2.75) is 25.3 Å². The Morgan fingerprint density at radius 2 is 2.16 bits per heavy atom. The molecule has 1 fully saturated rings. The smallest absolute Gasteiger partial charge is 0.268 e. The highest BCUT2D eigenvalue weighted by molar-refractivity contribution is 7.15. The van der Waals surface area contributed by atoms with Gasteiger partial charge in [-0.05, 0) is 37.1 Å². The first kappa shape index (κ1) is 15.8. The van der Waals surface area contributed by atoms with Crippen molar-refractivity contribution in [1.82, 2.24) is 15.5 Å². The molecule has 1 aromatic carbocycles. The Balaban J connectivity index is 1.41. The summed E-state index contributed by atoms with van der Waals surface area (Å²) in [4.78, 5) is 18.7. The second-order valence-electron chi connectivity index (χ2n) is 5.88. The maximum atomic E-state index is 12.3. The van der Waals surface area contributed by atoms with E-state index in [-0.39, 0.29) is 5.91 Å². The summed E-state index contributed by atoms with van der Waals surface area (Å²) in [6.45, 7) is 0.436. The number of methoxy groups -OCH3 is 1. The molecule has 1 N–H and O–H groups in total. The lowest BCUT2D eigenvalue weighted by molar-refractivity contribution is 0.0948. The highest BCUT2D eigenvalue weighted by Gasteiger charge is 2.29. The van der Waals surface area contributed by atoms with Gasteiger partial charge < -0.3 is 14.6 Å². The Labute approximate surface area is 148 Å². The fourth-order valence-electron chi connectivity index (χ4n) is 2.53. The molecular formula is C18H17N3O3S. The van der Waals surface area contributed by atoms with Crippen molar-refractivity contribution in [2.75, 3.05) is 7.11 Å². The Morgan fingerprint density at radius 1 is 1.32 bits per heavy atom. The average Bonchev–Trinajstić information content (AvgIpc) is 3.19. The van der Waals surface area contributed by atoms with E-state index >= 15 is 0 Å². The largest absolute Gasteiger partial charge is 0.496 e. The number of benzene rings is 1. The van der Waals surface area contributed by atoms with Gasteiger partial charge in [0, 0.05) is 10.8 Å². The molecule has 0 atom stereocenters. The molecule has 0 radical (unpaired) electrons. The highest BCUT2D eigenvalue weighted by atomic mass is 32.1. The van der Waals surface area contributed by atoms with Crippen LogP contribution in [0, 0.1) is 0 Å². The molecule has 25 heavy (non-hydrogen) atoms. The van der Waals surface area contributed by atoms with Crippen LogP contribution in [-0.4, -0.2) is 23.2 Å². The maximum absolute atomic E-state index is 12.3. The third-order valence-corrected chi connectivity index (χ3v) is 5.10. The molecule has 0 unspecified atom stereocenters. The van der Waals surface area contributed by atoms with Crippen molar-refractivity contribution in [1.29, 1.82) is 0 Å². The van der Waals surface area contributed by atoms with Crippen LogP contribution >= 0.6 is 11.3 Å². The number of aromatic nitrogens is 2. The second-order valence-corrected chi connectivity index (χ2v) is 7.05. The standard InChI is InChI=1S/C18H17N3O3S/c1-23-14-5-3-2-4-13(14)17(22)19-10-12-8-9-15(25-12)18-20-16(21-24-18)11-6-7-11/h2-5,8-9,11H,6-7,10H2,1H3,(H,19,22). The summed E-state index contributed by atoms with van der Waals surface area (Å²) in [7, 11) is 1.55. The lowest BCUT2D eigenvalue weighted by Crippen LogP contribution is -2.22. The summed E-state index contributed by atoms with van der Waals surface area (Å²) in [6.07, 6.45) is 2.29. The summed E-state index contributed by atoms with van der Waals surface area (Å²) in [5.74, 6) is 2.22. The Bertz CT molecular complexity index is 898. The normalized spacial score (nSPS) is 13.6. The molecule has 128 valence electrons.